The van der Waals surface area contributed by atoms with Gasteiger partial charge in [0, 0.05) is 19.6 Å². The molecule has 1 heterocycles. The highest BCUT2D eigenvalue weighted by Gasteiger charge is 2.35. The zero-order chi connectivity index (χ0) is 16.5. The van der Waals surface area contributed by atoms with Crippen molar-refractivity contribution in [1.29, 1.82) is 0 Å². The Morgan fingerprint density at radius 2 is 1.86 bits per heavy atom. The van der Waals surface area contributed by atoms with Gasteiger partial charge in [0.15, 0.2) is 11.6 Å². The van der Waals surface area contributed by atoms with Gasteiger partial charge < -0.3 is 14.9 Å². The molecule has 1 saturated heterocycles. The molecule has 122 valence electrons. The lowest BCUT2D eigenvalue weighted by atomic mass is 9.90. The van der Waals surface area contributed by atoms with Crippen LogP contribution < -0.4 is 0 Å². The van der Waals surface area contributed by atoms with Crippen LogP contribution in [0.1, 0.15) is 23.2 Å². The monoisotopic (exact) mass is 332 g/mol. The molecule has 0 aliphatic carbocycles. The molecule has 0 radical (unpaired) electrons. The van der Waals surface area contributed by atoms with E-state index in [-0.39, 0.29) is 10.6 Å². The minimum atomic E-state index is -1.10. The Hall–Kier alpha value is -1.24. The van der Waals surface area contributed by atoms with Crippen LogP contribution in [0.4, 0.5) is 8.78 Å². The summed E-state index contributed by atoms with van der Waals surface area (Å²) >= 11 is 5.83. The molecule has 2 rings (SSSR count). The van der Waals surface area contributed by atoms with Crippen LogP contribution in [0.2, 0.25) is 5.02 Å². The fourth-order valence-electron chi connectivity index (χ4n) is 2.73. The van der Waals surface area contributed by atoms with Gasteiger partial charge in [0.1, 0.15) is 0 Å². The van der Waals surface area contributed by atoms with Crippen LogP contribution in [0.15, 0.2) is 12.1 Å². The number of hydrogen-bond acceptors (Lipinski definition) is 3. The van der Waals surface area contributed by atoms with Gasteiger partial charge in [-0.2, -0.15) is 0 Å². The third-order valence-corrected chi connectivity index (χ3v) is 4.14. The van der Waals surface area contributed by atoms with Gasteiger partial charge in [0.25, 0.3) is 5.91 Å². The lowest BCUT2D eigenvalue weighted by molar-refractivity contribution is -0.0324. The molecule has 22 heavy (non-hydrogen) atoms. The Kier molecular flexibility index (Phi) is 5.04. The zero-order valence-electron chi connectivity index (χ0n) is 12.6. The van der Waals surface area contributed by atoms with E-state index in [1.165, 1.54) is 4.90 Å². The van der Waals surface area contributed by atoms with Gasteiger partial charge in [0.2, 0.25) is 0 Å². The van der Waals surface area contributed by atoms with E-state index < -0.39 is 23.1 Å². The van der Waals surface area contributed by atoms with Crippen molar-refractivity contribution in [3.05, 3.63) is 34.4 Å². The molecule has 1 aliphatic rings. The first-order chi connectivity index (χ1) is 10.2. The first kappa shape index (κ1) is 17.1. The van der Waals surface area contributed by atoms with Crippen LogP contribution in [0.5, 0.6) is 0 Å². The minimum absolute atomic E-state index is 0.0568. The lowest BCUT2D eigenvalue weighted by Gasteiger charge is -2.39. The average molecular weight is 333 g/mol. The van der Waals surface area contributed by atoms with Gasteiger partial charge in [-0.25, -0.2) is 8.78 Å². The number of hydrogen-bond donors (Lipinski definition) is 1. The molecule has 0 aromatic heterocycles. The normalized spacial score (nSPS) is 17.9. The molecule has 1 N–H and O–H groups in total. The molecule has 1 aliphatic heterocycles. The van der Waals surface area contributed by atoms with E-state index in [2.05, 4.69) is 0 Å². The topological polar surface area (TPSA) is 43.8 Å². The predicted octanol–water partition coefficient (Wildman–Crippen LogP) is 2.15. The molecule has 1 fully saturated rings. The van der Waals surface area contributed by atoms with Crippen LogP contribution in [0.25, 0.3) is 0 Å². The molecule has 4 nitrogen and oxygen atoms in total. The molecule has 7 heteroatoms. The minimum Gasteiger partial charge on any atom is -0.388 e. The first-order valence-corrected chi connectivity index (χ1v) is 7.40. The number of nitrogens with zero attached hydrogens (tertiary/aromatic N) is 2. The molecule has 0 spiro atoms. The maximum atomic E-state index is 13.3. The van der Waals surface area contributed by atoms with E-state index >= 15 is 0 Å². The molecule has 1 aromatic carbocycles. The largest absolute Gasteiger partial charge is 0.388 e. The van der Waals surface area contributed by atoms with Crippen molar-refractivity contribution in [1.82, 2.24) is 9.80 Å². The van der Waals surface area contributed by atoms with Crippen LogP contribution in [0, 0.1) is 11.6 Å². The maximum absolute atomic E-state index is 13.3. The standard InChI is InChI=1S/C15H19ClF2N2O2/c1-19(2)9-15(22)3-5-20(6-4-15)14(21)10-7-12(17)13(18)8-11(10)16/h7-8,22H,3-6,9H2,1-2H3. The Balaban J connectivity index is 2.09. The maximum Gasteiger partial charge on any atom is 0.255 e. The summed E-state index contributed by atoms with van der Waals surface area (Å²) in [7, 11) is 3.74. The third kappa shape index (κ3) is 3.74. The van der Waals surface area contributed by atoms with Crippen molar-refractivity contribution in [2.45, 2.75) is 18.4 Å². The number of amides is 1. The number of piperidine rings is 1. The smallest absolute Gasteiger partial charge is 0.255 e. The summed E-state index contributed by atoms with van der Waals surface area (Å²) in [6.07, 6.45) is 0.858. The quantitative estimate of drug-likeness (QED) is 0.863. The SMILES string of the molecule is CN(C)CC1(O)CCN(C(=O)c2cc(F)c(F)cc2Cl)CC1. The van der Waals surface area contributed by atoms with Crippen molar-refractivity contribution < 1.29 is 18.7 Å². The Morgan fingerprint density at radius 3 is 2.41 bits per heavy atom. The number of halogens is 3. The summed E-state index contributed by atoms with van der Waals surface area (Å²) < 4.78 is 26.4. The van der Waals surface area contributed by atoms with E-state index in [1.807, 2.05) is 19.0 Å². The van der Waals surface area contributed by atoms with Gasteiger partial charge >= 0.3 is 0 Å². The van der Waals surface area contributed by atoms with Crippen molar-refractivity contribution in [2.24, 2.45) is 0 Å². The Bertz CT molecular complexity index is 573. The van der Waals surface area contributed by atoms with Gasteiger partial charge in [-0.05, 0) is 39.1 Å². The second kappa shape index (κ2) is 6.48. The summed E-state index contributed by atoms with van der Waals surface area (Å²) in [4.78, 5) is 15.8. The van der Waals surface area contributed by atoms with E-state index in [0.29, 0.717) is 32.5 Å². The van der Waals surface area contributed by atoms with Crippen molar-refractivity contribution in [3.63, 3.8) is 0 Å². The highest BCUT2D eigenvalue weighted by molar-refractivity contribution is 6.33. The van der Waals surface area contributed by atoms with Gasteiger partial charge in [-0.15, -0.1) is 0 Å². The van der Waals surface area contributed by atoms with Gasteiger partial charge in [0.05, 0.1) is 16.2 Å². The van der Waals surface area contributed by atoms with Crippen LogP contribution in [-0.4, -0.2) is 60.1 Å². The van der Waals surface area contributed by atoms with Crippen LogP contribution in [0.3, 0.4) is 0 Å². The van der Waals surface area contributed by atoms with Crippen molar-refractivity contribution in [3.8, 4) is 0 Å². The first-order valence-electron chi connectivity index (χ1n) is 7.03. The summed E-state index contributed by atoms with van der Waals surface area (Å²) in [5.74, 6) is -2.63. The highest BCUT2D eigenvalue weighted by Crippen LogP contribution is 2.26. The molecular weight excluding hydrogens is 314 g/mol. The fraction of sp³-hybridized carbons (Fsp3) is 0.533. The Morgan fingerprint density at radius 1 is 1.32 bits per heavy atom. The number of likely N-dealkylation sites (N-methyl/N-ethyl adjacent to an activating group) is 1. The number of aliphatic hydroxyl groups is 1. The molecule has 1 amide bonds. The lowest BCUT2D eigenvalue weighted by Crippen LogP contribution is -2.51. The molecular formula is C15H19ClF2N2O2. The molecule has 0 atom stereocenters. The molecule has 0 unspecified atom stereocenters. The van der Waals surface area contributed by atoms with Crippen LogP contribution in [-0.2, 0) is 0 Å². The van der Waals surface area contributed by atoms with Crippen LogP contribution >= 0.6 is 11.6 Å². The van der Waals surface area contributed by atoms with E-state index in [1.54, 1.807) is 0 Å². The zero-order valence-corrected chi connectivity index (χ0v) is 13.3. The number of benzene rings is 1. The van der Waals surface area contributed by atoms with E-state index in [9.17, 15) is 18.7 Å². The van der Waals surface area contributed by atoms with E-state index in [4.69, 9.17) is 11.6 Å². The molecule has 1 aromatic rings. The number of likely N-dealkylation sites (tertiary alicyclic amines) is 1. The second-order valence-electron chi connectivity index (χ2n) is 6.00. The summed E-state index contributed by atoms with van der Waals surface area (Å²) in [5.41, 5.74) is -0.892. The summed E-state index contributed by atoms with van der Waals surface area (Å²) in [6.45, 7) is 1.21. The Labute approximate surface area is 133 Å². The number of carbonyl (C=O) groups excluding carboxylic acids is 1. The summed E-state index contributed by atoms with van der Waals surface area (Å²) in [6, 6.07) is 1.62. The average Bonchev–Trinajstić information content (AvgIpc) is 2.42. The summed E-state index contributed by atoms with van der Waals surface area (Å²) in [5, 5.41) is 10.3. The highest BCUT2D eigenvalue weighted by atomic mass is 35.5. The second-order valence-corrected chi connectivity index (χ2v) is 6.41. The predicted molar refractivity (Wildman–Crippen MR) is 80.0 cm³/mol. The number of rotatable bonds is 3. The molecule has 0 saturated carbocycles. The van der Waals surface area contributed by atoms with E-state index in [0.717, 1.165) is 12.1 Å². The molecule has 0 bridgehead atoms. The fourth-order valence-corrected chi connectivity index (χ4v) is 2.96. The third-order valence-electron chi connectivity index (χ3n) is 3.83. The number of carbonyl (C=O) groups is 1. The van der Waals surface area contributed by atoms with Crippen molar-refractivity contribution in [2.75, 3.05) is 33.7 Å². The van der Waals surface area contributed by atoms with Gasteiger partial charge in [-0.1, -0.05) is 11.6 Å². The van der Waals surface area contributed by atoms with Crippen molar-refractivity contribution >= 4 is 17.5 Å². The van der Waals surface area contributed by atoms with Gasteiger partial charge in [-0.3, -0.25) is 4.79 Å².